The van der Waals surface area contributed by atoms with Crippen LogP contribution in [0.3, 0.4) is 0 Å². The fourth-order valence-electron chi connectivity index (χ4n) is 11.3. The average Bonchev–Trinajstić information content (AvgIpc) is 4.14. The number of hydrogen-bond donors (Lipinski definition) is 0. The molecule has 3 aliphatic rings. The second kappa shape index (κ2) is 14.5. The van der Waals surface area contributed by atoms with Gasteiger partial charge in [-0.3, -0.25) is 4.98 Å². The van der Waals surface area contributed by atoms with Crippen molar-refractivity contribution in [3.8, 4) is 11.1 Å². The Morgan fingerprint density at radius 2 is 1.13 bits per heavy atom. The fraction of sp³-hybridized carbons (Fsp3) is 0.0339. The van der Waals surface area contributed by atoms with E-state index in [1.54, 1.807) is 0 Å². The molecule has 0 bridgehead atoms. The number of anilines is 3. The van der Waals surface area contributed by atoms with Crippen LogP contribution in [0.4, 0.5) is 17.1 Å². The lowest BCUT2D eigenvalue weighted by Gasteiger charge is -2.37. The summed E-state index contributed by atoms with van der Waals surface area (Å²) in [5.74, 6) is 0.686. The first kappa shape index (κ1) is 37.7. The van der Waals surface area contributed by atoms with E-state index in [0.717, 1.165) is 41.1 Å². The van der Waals surface area contributed by atoms with Crippen LogP contribution in [-0.2, 0) is 0 Å². The first-order valence-electron chi connectivity index (χ1n) is 22.8. The number of fused-ring (bicyclic) bond motifs is 16. The van der Waals surface area contributed by atoms with Gasteiger partial charge in [0.2, 0.25) is 6.71 Å². The van der Waals surface area contributed by atoms with Crippen molar-refractivity contribution >= 4 is 152 Å². The van der Waals surface area contributed by atoms with E-state index in [0.29, 0.717) is 5.84 Å². The molecule has 0 amide bonds. The van der Waals surface area contributed by atoms with Crippen molar-refractivity contribution < 1.29 is 0 Å². The van der Waals surface area contributed by atoms with Crippen molar-refractivity contribution in [3.05, 3.63) is 205 Å². The summed E-state index contributed by atoms with van der Waals surface area (Å²) >= 11 is 5.65. The summed E-state index contributed by atoms with van der Waals surface area (Å²) in [6.45, 7) is 0.0106. The molecule has 8 aromatic carbocycles. The third kappa shape index (κ3) is 5.55. The molecule has 0 atom stereocenters. The standard InChI is InChI=1S/C59H35BN4S3/c1-2-14-34(15-3-1)42-20-12-21-44(43-19-10-11-31-61-43)63-59(62-42)35-32-39-53-40(27-29-51-55(53)37-17-5-8-24-48(37)66-51)60-41-28-30-52-56(38-18-6-9-25-49(38)67-52)58(41)64(46(33-35)57(39)60)45-22-13-26-50-54(45)36-16-4-7-23-47(36)65-50/h1-11,13-19,21-33H,12,20H2/b44-21-,62-42+,63-59-. The largest absolute Gasteiger partial charge is 0.310 e. The molecule has 12 aromatic rings. The molecular weight excluding hydrogens is 872 g/mol. The third-order valence-corrected chi connectivity index (χ3v) is 17.4. The van der Waals surface area contributed by atoms with Gasteiger partial charge in [-0.25, -0.2) is 9.98 Å². The van der Waals surface area contributed by atoms with Crippen molar-refractivity contribution in [1.82, 2.24) is 4.98 Å². The molecule has 0 saturated heterocycles. The number of nitrogens with zero attached hydrogens (tertiary/aromatic N) is 4. The smallest absolute Gasteiger partial charge is 0.248 e. The van der Waals surface area contributed by atoms with Gasteiger partial charge in [0.15, 0.2) is 5.84 Å². The van der Waals surface area contributed by atoms with Crippen LogP contribution in [0.2, 0.25) is 0 Å². The van der Waals surface area contributed by atoms with Crippen molar-refractivity contribution in [3.63, 3.8) is 0 Å². The van der Waals surface area contributed by atoms with E-state index in [4.69, 9.17) is 15.0 Å². The molecule has 0 spiro atoms. The minimum absolute atomic E-state index is 0.0106. The Labute approximate surface area is 398 Å². The lowest BCUT2D eigenvalue weighted by molar-refractivity contribution is 1.08. The van der Waals surface area contributed by atoms with E-state index in [2.05, 4.69) is 175 Å². The Morgan fingerprint density at radius 1 is 0.493 bits per heavy atom. The topological polar surface area (TPSA) is 40.9 Å². The Hall–Kier alpha value is -7.49. The van der Waals surface area contributed by atoms with Crippen molar-refractivity contribution in [2.45, 2.75) is 12.8 Å². The molecule has 0 unspecified atom stereocenters. The van der Waals surface area contributed by atoms with Gasteiger partial charge in [0.05, 0.1) is 28.5 Å². The van der Waals surface area contributed by atoms with Crippen LogP contribution in [0.5, 0.6) is 0 Å². The number of amidine groups is 1. The van der Waals surface area contributed by atoms with Crippen LogP contribution >= 0.6 is 34.0 Å². The maximum absolute atomic E-state index is 5.64. The van der Waals surface area contributed by atoms with Crippen LogP contribution in [0.15, 0.2) is 198 Å². The number of aliphatic imine (C=N–C) groups is 2. The van der Waals surface area contributed by atoms with Gasteiger partial charge in [-0.1, -0.05) is 121 Å². The molecule has 7 heterocycles. The van der Waals surface area contributed by atoms with E-state index >= 15 is 0 Å². The lowest BCUT2D eigenvalue weighted by atomic mass is 9.37. The van der Waals surface area contributed by atoms with Crippen molar-refractivity contribution in [2.24, 2.45) is 9.98 Å². The highest BCUT2D eigenvalue weighted by Gasteiger charge is 2.45. The second-order valence-corrected chi connectivity index (χ2v) is 20.9. The lowest BCUT2D eigenvalue weighted by Crippen LogP contribution is -2.54. The molecule has 0 N–H and O–H groups in total. The molecule has 3 aliphatic heterocycles. The molecule has 0 fully saturated rings. The molecule has 0 saturated carbocycles. The Kier molecular flexibility index (Phi) is 8.16. The molecule has 4 nitrogen and oxygen atoms in total. The first-order chi connectivity index (χ1) is 33.2. The zero-order chi connectivity index (χ0) is 43.7. The Balaban J connectivity index is 1.12. The SMILES string of the molecule is C1=C(c2ccccn2)/N=C(c2cc3c4c(c2)N(c2cccc5sc6ccccc6c25)c2c(ccc5sc6ccccc6c25)B4c2ccc4sc5ccccc5c4c2-3)\N=C(\c2ccccc2)CC\1. The molecule has 4 aromatic heterocycles. The molecule has 0 aliphatic carbocycles. The summed E-state index contributed by atoms with van der Waals surface area (Å²) in [6.07, 6.45) is 5.68. The van der Waals surface area contributed by atoms with Crippen LogP contribution in [-0.4, -0.2) is 23.2 Å². The summed E-state index contributed by atoms with van der Waals surface area (Å²) < 4.78 is 7.76. The summed E-state index contributed by atoms with van der Waals surface area (Å²) in [4.78, 5) is 18.7. The minimum atomic E-state index is 0.0106. The maximum Gasteiger partial charge on any atom is 0.248 e. The highest BCUT2D eigenvalue weighted by Crippen LogP contribution is 2.52. The third-order valence-electron chi connectivity index (χ3n) is 14.0. The molecule has 312 valence electrons. The van der Waals surface area contributed by atoms with Gasteiger partial charge in [-0.2, -0.15) is 0 Å². The van der Waals surface area contributed by atoms with Crippen LogP contribution in [0, 0.1) is 0 Å². The van der Waals surface area contributed by atoms with Crippen molar-refractivity contribution in [2.75, 3.05) is 4.90 Å². The Morgan fingerprint density at radius 3 is 1.88 bits per heavy atom. The van der Waals surface area contributed by atoms with Gasteiger partial charge < -0.3 is 4.90 Å². The van der Waals surface area contributed by atoms with Gasteiger partial charge in [0.25, 0.3) is 0 Å². The van der Waals surface area contributed by atoms with Crippen LogP contribution in [0.25, 0.3) is 77.3 Å². The number of benzene rings is 8. The summed E-state index contributed by atoms with van der Waals surface area (Å²) in [7, 11) is 0. The zero-order valence-electron chi connectivity index (χ0n) is 35.9. The summed E-state index contributed by atoms with van der Waals surface area (Å²) in [6, 6.07) is 64.9. The Bertz CT molecular complexity index is 4180. The molecular formula is C59H35BN4S3. The predicted octanol–water partition coefficient (Wildman–Crippen LogP) is 14.5. The fourth-order valence-corrected chi connectivity index (χ4v) is 14.6. The average molecular weight is 907 g/mol. The van der Waals surface area contributed by atoms with Gasteiger partial charge in [-0.05, 0) is 107 Å². The van der Waals surface area contributed by atoms with Crippen LogP contribution in [0.1, 0.15) is 29.7 Å². The summed E-state index contributed by atoms with van der Waals surface area (Å²) in [5, 5.41) is 7.77. The van der Waals surface area contributed by atoms with Gasteiger partial charge >= 0.3 is 0 Å². The predicted molar refractivity (Wildman–Crippen MR) is 291 cm³/mol. The molecule has 0 radical (unpaired) electrons. The second-order valence-electron chi connectivity index (χ2n) is 17.7. The highest BCUT2D eigenvalue weighted by atomic mass is 32.1. The number of thiophene rings is 3. The van der Waals surface area contributed by atoms with E-state index in [1.165, 1.54) is 105 Å². The summed E-state index contributed by atoms with van der Waals surface area (Å²) in [5.41, 5.74) is 15.0. The number of rotatable bonds is 4. The van der Waals surface area contributed by atoms with Crippen LogP contribution < -0.4 is 21.3 Å². The van der Waals surface area contributed by atoms with E-state index in [9.17, 15) is 0 Å². The molecule has 15 rings (SSSR count). The number of aromatic nitrogens is 1. The molecule has 67 heavy (non-hydrogen) atoms. The maximum atomic E-state index is 5.64. The quantitative estimate of drug-likeness (QED) is 0.165. The highest BCUT2D eigenvalue weighted by molar-refractivity contribution is 7.27. The normalized spacial score (nSPS) is 16.7. The van der Waals surface area contributed by atoms with Crippen molar-refractivity contribution in [1.29, 1.82) is 0 Å². The minimum Gasteiger partial charge on any atom is -0.310 e. The molecule has 8 heteroatoms. The van der Waals surface area contributed by atoms with E-state index in [1.807, 2.05) is 52.3 Å². The number of hydrogen-bond acceptors (Lipinski definition) is 7. The van der Waals surface area contributed by atoms with Gasteiger partial charge in [0, 0.05) is 78.0 Å². The van der Waals surface area contributed by atoms with Gasteiger partial charge in [-0.15, -0.1) is 34.0 Å². The zero-order valence-corrected chi connectivity index (χ0v) is 38.4. The van der Waals surface area contributed by atoms with E-state index in [-0.39, 0.29) is 6.71 Å². The van der Waals surface area contributed by atoms with E-state index < -0.39 is 0 Å². The van der Waals surface area contributed by atoms with Gasteiger partial charge in [0.1, 0.15) is 0 Å². The first-order valence-corrected chi connectivity index (χ1v) is 25.3. The monoisotopic (exact) mass is 906 g/mol. The number of pyridine rings is 1. The number of allylic oxidation sites excluding steroid dienone is 1.